The van der Waals surface area contributed by atoms with E-state index in [0.717, 1.165) is 17.8 Å². The van der Waals surface area contributed by atoms with Gasteiger partial charge in [0.2, 0.25) is 0 Å². The van der Waals surface area contributed by atoms with Crippen molar-refractivity contribution in [2.45, 2.75) is 52.7 Å². The second-order valence-corrected chi connectivity index (χ2v) is 9.48. The van der Waals surface area contributed by atoms with Crippen molar-refractivity contribution in [1.82, 2.24) is 30.2 Å². The Morgan fingerprint density at radius 2 is 1.94 bits per heavy atom. The molecule has 3 aromatic rings. The highest BCUT2D eigenvalue weighted by molar-refractivity contribution is 5.96. The van der Waals surface area contributed by atoms with E-state index in [0.29, 0.717) is 28.8 Å². The molecule has 1 aromatic carbocycles. The molecule has 2 aliphatic rings. The lowest BCUT2D eigenvalue weighted by Gasteiger charge is -2.27. The second kappa shape index (κ2) is 8.88. The number of carbonyl (C=O) groups excluding carboxylic acids is 1. The fourth-order valence-corrected chi connectivity index (χ4v) is 4.91. The smallest absolute Gasteiger partial charge is 0.163 e. The van der Waals surface area contributed by atoms with Gasteiger partial charge in [-0.1, -0.05) is 19.1 Å². The molecular formula is C25H30FN7O. The average molecular weight is 464 g/mol. The average Bonchev–Trinajstić information content (AvgIpc) is 3.50. The van der Waals surface area contributed by atoms with E-state index < -0.39 is 0 Å². The first kappa shape index (κ1) is 22.6. The van der Waals surface area contributed by atoms with Crippen LogP contribution in [0.15, 0.2) is 36.7 Å². The first-order chi connectivity index (χ1) is 16.3. The van der Waals surface area contributed by atoms with Gasteiger partial charge in [-0.3, -0.25) is 4.79 Å². The van der Waals surface area contributed by atoms with Crippen LogP contribution in [0, 0.1) is 31.5 Å². The zero-order chi connectivity index (χ0) is 24.0. The van der Waals surface area contributed by atoms with Gasteiger partial charge in [0.25, 0.3) is 0 Å². The Kier molecular flexibility index (Phi) is 5.91. The first-order valence-electron chi connectivity index (χ1n) is 11.8. The fraction of sp³-hybridized carbons (Fsp3) is 0.440. The summed E-state index contributed by atoms with van der Waals surface area (Å²) in [4.78, 5) is 20.9. The van der Waals surface area contributed by atoms with Gasteiger partial charge in [0.15, 0.2) is 11.6 Å². The number of nitrogens with one attached hydrogen (secondary N) is 2. The summed E-state index contributed by atoms with van der Waals surface area (Å²) in [5.74, 6) is 1.93. The fourth-order valence-electron chi connectivity index (χ4n) is 4.91. The molecular weight excluding hydrogens is 433 g/mol. The quantitative estimate of drug-likeness (QED) is 0.513. The van der Waals surface area contributed by atoms with Gasteiger partial charge in [-0.15, -0.1) is 0 Å². The first-order valence-corrected chi connectivity index (χ1v) is 11.8. The number of hydrogen-bond donors (Lipinski definition) is 2. The summed E-state index contributed by atoms with van der Waals surface area (Å²) in [6.45, 7) is 8.39. The third-order valence-corrected chi connectivity index (χ3v) is 6.85. The van der Waals surface area contributed by atoms with E-state index in [1.165, 1.54) is 31.3 Å². The maximum atomic E-state index is 13.5. The number of aromatic nitrogens is 4. The summed E-state index contributed by atoms with van der Waals surface area (Å²) in [6.07, 6.45) is 3.99. The molecule has 1 aliphatic carbocycles. The minimum atomic E-state index is -0.232. The molecule has 2 aromatic heterocycles. The van der Waals surface area contributed by atoms with E-state index >= 15 is 0 Å². The standard InChI is InChI=1S/C25H30FN7O/c1-14-24(19-7-9-20(26)10-8-19)31-32(12-18-5-6-18)25(14)29-21-11-22(28-13-27-21)33-16(3)23(17(4)34)15(2)30-33/h7-11,13-14,18,24-25,31H,5-6,12H2,1-4H3,(H,27,28,29). The van der Waals surface area contributed by atoms with E-state index in [4.69, 9.17) is 0 Å². The maximum Gasteiger partial charge on any atom is 0.163 e. The Labute approximate surface area is 198 Å². The number of anilines is 1. The molecule has 178 valence electrons. The minimum absolute atomic E-state index is 0.00774. The zero-order valence-corrected chi connectivity index (χ0v) is 19.9. The molecule has 1 saturated carbocycles. The Bertz CT molecular complexity index is 1200. The van der Waals surface area contributed by atoms with Crippen LogP contribution >= 0.6 is 0 Å². The molecule has 3 heterocycles. The molecule has 2 fully saturated rings. The maximum absolute atomic E-state index is 13.5. The minimum Gasteiger partial charge on any atom is -0.353 e. The molecule has 2 N–H and O–H groups in total. The number of benzene rings is 1. The number of rotatable bonds is 7. The topological polar surface area (TPSA) is 88.0 Å². The van der Waals surface area contributed by atoms with Crippen molar-refractivity contribution in [2.75, 3.05) is 11.9 Å². The number of hydrazine groups is 1. The Hall–Kier alpha value is -3.17. The lowest BCUT2D eigenvalue weighted by molar-refractivity contribution is 0.101. The van der Waals surface area contributed by atoms with Crippen LogP contribution in [-0.2, 0) is 0 Å². The zero-order valence-electron chi connectivity index (χ0n) is 19.9. The molecule has 0 bridgehead atoms. The van der Waals surface area contributed by atoms with E-state index in [1.54, 1.807) is 11.6 Å². The van der Waals surface area contributed by atoms with Crippen molar-refractivity contribution in [3.63, 3.8) is 0 Å². The van der Waals surface area contributed by atoms with E-state index in [2.05, 4.69) is 37.7 Å². The van der Waals surface area contributed by atoms with Crippen LogP contribution in [0.1, 0.15) is 60.0 Å². The lowest BCUT2D eigenvalue weighted by Crippen LogP contribution is -2.44. The molecule has 1 aliphatic heterocycles. The highest BCUT2D eigenvalue weighted by Gasteiger charge is 2.41. The summed E-state index contributed by atoms with van der Waals surface area (Å²) in [5, 5.41) is 10.4. The van der Waals surface area contributed by atoms with E-state index in [9.17, 15) is 9.18 Å². The summed E-state index contributed by atoms with van der Waals surface area (Å²) >= 11 is 0. The van der Waals surface area contributed by atoms with Crippen molar-refractivity contribution < 1.29 is 9.18 Å². The normalized spacial score (nSPS) is 22.8. The van der Waals surface area contributed by atoms with Crippen LogP contribution in [0.2, 0.25) is 0 Å². The second-order valence-electron chi connectivity index (χ2n) is 9.48. The highest BCUT2D eigenvalue weighted by atomic mass is 19.1. The van der Waals surface area contributed by atoms with Gasteiger partial charge in [0.1, 0.15) is 18.0 Å². The van der Waals surface area contributed by atoms with Crippen molar-refractivity contribution >= 4 is 11.6 Å². The number of ketones is 1. The SMILES string of the molecule is CC(=O)c1c(C)nn(-c2cc(NC3C(C)C(c4ccc(F)cc4)NN3CC3CC3)ncn2)c1C. The van der Waals surface area contributed by atoms with Crippen LogP contribution in [0.25, 0.3) is 5.82 Å². The van der Waals surface area contributed by atoms with Crippen LogP contribution in [0.3, 0.4) is 0 Å². The predicted octanol–water partition coefficient (Wildman–Crippen LogP) is 3.97. The van der Waals surface area contributed by atoms with Crippen LogP contribution in [0.4, 0.5) is 10.2 Å². The molecule has 0 amide bonds. The molecule has 0 spiro atoms. The third kappa shape index (κ3) is 4.33. The van der Waals surface area contributed by atoms with Gasteiger partial charge in [-0.05, 0) is 57.2 Å². The Morgan fingerprint density at radius 3 is 2.59 bits per heavy atom. The largest absolute Gasteiger partial charge is 0.353 e. The van der Waals surface area contributed by atoms with Crippen molar-refractivity contribution in [1.29, 1.82) is 0 Å². The monoisotopic (exact) mass is 463 g/mol. The number of hydrogen-bond acceptors (Lipinski definition) is 7. The van der Waals surface area contributed by atoms with E-state index in [-0.39, 0.29) is 29.7 Å². The van der Waals surface area contributed by atoms with Crippen molar-refractivity contribution in [3.05, 3.63) is 65.0 Å². The predicted molar refractivity (Wildman–Crippen MR) is 127 cm³/mol. The molecule has 5 rings (SSSR count). The molecule has 8 nitrogen and oxygen atoms in total. The van der Waals surface area contributed by atoms with Crippen LogP contribution in [0.5, 0.6) is 0 Å². The molecule has 3 unspecified atom stereocenters. The van der Waals surface area contributed by atoms with Crippen molar-refractivity contribution in [2.24, 2.45) is 11.8 Å². The van der Waals surface area contributed by atoms with Crippen LogP contribution < -0.4 is 10.7 Å². The third-order valence-electron chi connectivity index (χ3n) is 6.85. The van der Waals surface area contributed by atoms with Gasteiger partial charge in [-0.2, -0.15) is 5.10 Å². The van der Waals surface area contributed by atoms with Gasteiger partial charge in [0.05, 0.1) is 29.2 Å². The number of aryl methyl sites for hydroxylation is 1. The summed E-state index contributed by atoms with van der Waals surface area (Å²) < 4.78 is 15.2. The molecule has 3 atom stereocenters. The Balaban J connectivity index is 1.41. The summed E-state index contributed by atoms with van der Waals surface area (Å²) in [5.41, 5.74) is 6.77. The number of nitrogens with zero attached hydrogens (tertiary/aromatic N) is 5. The number of carbonyl (C=O) groups is 1. The molecule has 34 heavy (non-hydrogen) atoms. The summed E-state index contributed by atoms with van der Waals surface area (Å²) in [7, 11) is 0. The molecule has 0 radical (unpaired) electrons. The molecule has 9 heteroatoms. The van der Waals surface area contributed by atoms with Gasteiger partial charge in [0, 0.05) is 18.5 Å². The van der Waals surface area contributed by atoms with Gasteiger partial charge < -0.3 is 5.32 Å². The van der Waals surface area contributed by atoms with Crippen molar-refractivity contribution in [3.8, 4) is 5.82 Å². The number of halogens is 1. The van der Waals surface area contributed by atoms with Crippen LogP contribution in [-0.4, -0.2) is 43.3 Å². The van der Waals surface area contributed by atoms with E-state index in [1.807, 2.05) is 32.0 Å². The number of Topliss-reactive ketones (excluding diaryl/α,β-unsaturated/α-hetero) is 1. The Morgan fingerprint density at radius 1 is 1.21 bits per heavy atom. The summed E-state index contributed by atoms with van der Waals surface area (Å²) in [6, 6.07) is 8.63. The molecule has 1 saturated heterocycles. The highest BCUT2D eigenvalue weighted by Crippen LogP contribution is 2.37. The van der Waals surface area contributed by atoms with Gasteiger partial charge in [-0.25, -0.2) is 29.5 Å². The lowest BCUT2D eigenvalue weighted by atomic mass is 9.94. The van der Waals surface area contributed by atoms with Gasteiger partial charge >= 0.3 is 0 Å².